The summed E-state index contributed by atoms with van der Waals surface area (Å²) < 4.78 is 0. The second kappa shape index (κ2) is 4.72. The van der Waals surface area contributed by atoms with E-state index in [1.165, 1.54) is 5.57 Å². The molecule has 0 radical (unpaired) electrons. The molecule has 1 atom stereocenters. The van der Waals surface area contributed by atoms with E-state index in [9.17, 15) is 0 Å². The Balaban J connectivity index is 1.82. The molecule has 1 aromatic rings. The number of nitrogens with zero attached hydrogens (tertiary/aromatic N) is 4. The highest BCUT2D eigenvalue weighted by Gasteiger charge is 2.32. The fourth-order valence-electron chi connectivity index (χ4n) is 3.03. The van der Waals surface area contributed by atoms with E-state index in [0.717, 1.165) is 44.0 Å². The summed E-state index contributed by atoms with van der Waals surface area (Å²) in [5.74, 6) is 2.02. The van der Waals surface area contributed by atoms with Crippen LogP contribution in [0, 0.1) is 5.92 Å². The van der Waals surface area contributed by atoms with Gasteiger partial charge in [-0.15, -0.1) is 0 Å². The molecule has 5 nitrogen and oxygen atoms in total. The molecule has 0 saturated carbocycles. The highest BCUT2D eigenvalue weighted by Crippen LogP contribution is 2.31. The number of nitrogen functional groups attached to an aromatic ring is 1. The van der Waals surface area contributed by atoms with Crippen LogP contribution < -0.4 is 10.6 Å². The fourth-order valence-corrected chi connectivity index (χ4v) is 3.03. The molecule has 2 aliphatic heterocycles. The first-order valence-electron chi connectivity index (χ1n) is 6.95. The van der Waals surface area contributed by atoms with E-state index in [4.69, 9.17) is 5.73 Å². The number of aromatic nitrogens is 2. The summed E-state index contributed by atoms with van der Waals surface area (Å²) in [5.41, 5.74) is 8.38. The van der Waals surface area contributed by atoms with Gasteiger partial charge in [0, 0.05) is 50.6 Å². The molecule has 0 aliphatic carbocycles. The average Bonchev–Trinajstić information content (AvgIpc) is 2.85. The van der Waals surface area contributed by atoms with Gasteiger partial charge in [0.15, 0.2) is 0 Å². The van der Waals surface area contributed by atoms with E-state index in [2.05, 4.69) is 46.0 Å². The van der Waals surface area contributed by atoms with Crippen molar-refractivity contribution in [3.8, 4) is 0 Å². The monoisotopic (exact) mass is 259 g/mol. The molecule has 0 bridgehead atoms. The maximum absolute atomic E-state index is 5.82. The fraction of sp³-hybridized carbons (Fsp3) is 0.571. The highest BCUT2D eigenvalue weighted by atomic mass is 15.3. The molecule has 1 unspecified atom stereocenters. The van der Waals surface area contributed by atoms with Crippen LogP contribution in [0.15, 0.2) is 17.8 Å². The van der Waals surface area contributed by atoms with Gasteiger partial charge >= 0.3 is 0 Å². The third-order valence-corrected chi connectivity index (χ3v) is 3.85. The molecule has 1 saturated heterocycles. The van der Waals surface area contributed by atoms with Crippen molar-refractivity contribution in [3.63, 3.8) is 0 Å². The van der Waals surface area contributed by atoms with E-state index in [1.54, 1.807) is 0 Å². The van der Waals surface area contributed by atoms with Crippen LogP contribution in [0.2, 0.25) is 0 Å². The molecule has 0 amide bonds. The number of hydrogen-bond donors (Lipinski definition) is 1. The summed E-state index contributed by atoms with van der Waals surface area (Å²) in [5, 5.41) is 0. The summed E-state index contributed by atoms with van der Waals surface area (Å²) in [6.07, 6.45) is 4.30. The van der Waals surface area contributed by atoms with Crippen molar-refractivity contribution in [1.29, 1.82) is 0 Å². The second-order valence-electron chi connectivity index (χ2n) is 5.55. The van der Waals surface area contributed by atoms with Crippen LogP contribution in [0.4, 0.5) is 11.8 Å². The lowest BCUT2D eigenvalue weighted by molar-refractivity contribution is 0.442. The van der Waals surface area contributed by atoms with E-state index in [0.29, 0.717) is 11.9 Å². The van der Waals surface area contributed by atoms with Crippen molar-refractivity contribution in [3.05, 3.63) is 23.5 Å². The largest absolute Gasteiger partial charge is 0.380 e. The van der Waals surface area contributed by atoms with Gasteiger partial charge < -0.3 is 15.5 Å². The van der Waals surface area contributed by atoms with Gasteiger partial charge in [0.05, 0.1) is 0 Å². The van der Waals surface area contributed by atoms with Crippen LogP contribution in [0.5, 0.6) is 0 Å². The molecule has 0 spiro atoms. The molecule has 2 aliphatic rings. The van der Waals surface area contributed by atoms with Gasteiger partial charge in [0.2, 0.25) is 5.95 Å². The van der Waals surface area contributed by atoms with E-state index < -0.39 is 0 Å². The lowest BCUT2D eigenvalue weighted by Gasteiger charge is -2.19. The first-order valence-corrected chi connectivity index (χ1v) is 6.95. The minimum absolute atomic E-state index is 0.393. The third-order valence-electron chi connectivity index (χ3n) is 3.85. The summed E-state index contributed by atoms with van der Waals surface area (Å²) in [6, 6.07) is 2.09. The van der Waals surface area contributed by atoms with E-state index >= 15 is 0 Å². The molecule has 1 fully saturated rings. The van der Waals surface area contributed by atoms with Crippen LogP contribution in [-0.2, 0) is 6.42 Å². The van der Waals surface area contributed by atoms with Crippen molar-refractivity contribution in [1.82, 2.24) is 14.9 Å². The van der Waals surface area contributed by atoms with Gasteiger partial charge in [-0.05, 0) is 12.0 Å². The lowest BCUT2D eigenvalue weighted by Crippen LogP contribution is -2.25. The van der Waals surface area contributed by atoms with Gasteiger partial charge in [0.1, 0.15) is 5.82 Å². The van der Waals surface area contributed by atoms with Crippen molar-refractivity contribution < 1.29 is 0 Å². The molecular weight excluding hydrogens is 238 g/mol. The Hall–Kier alpha value is -1.78. The van der Waals surface area contributed by atoms with Crippen LogP contribution in [0.25, 0.3) is 0 Å². The molecule has 3 heterocycles. The predicted octanol–water partition coefficient (Wildman–Crippen LogP) is 1.28. The van der Waals surface area contributed by atoms with Gasteiger partial charge in [-0.3, -0.25) is 0 Å². The number of anilines is 2. The zero-order chi connectivity index (χ0) is 13.4. The van der Waals surface area contributed by atoms with E-state index in [-0.39, 0.29) is 0 Å². The molecule has 19 heavy (non-hydrogen) atoms. The van der Waals surface area contributed by atoms with Gasteiger partial charge in [-0.1, -0.05) is 13.3 Å². The molecular formula is C14H21N5. The molecule has 5 heteroatoms. The summed E-state index contributed by atoms with van der Waals surface area (Å²) in [4.78, 5) is 13.3. The van der Waals surface area contributed by atoms with E-state index in [1.807, 2.05) is 0 Å². The normalized spacial score (nSPS) is 21.8. The number of nitrogens with two attached hydrogens (primary N) is 1. The topological polar surface area (TPSA) is 58.3 Å². The summed E-state index contributed by atoms with van der Waals surface area (Å²) >= 11 is 0. The first kappa shape index (κ1) is 12.3. The summed E-state index contributed by atoms with van der Waals surface area (Å²) in [6.45, 7) is 5.28. The highest BCUT2D eigenvalue weighted by molar-refractivity contribution is 5.48. The SMILES string of the molecule is CCCc1cc(N2CC3=CN(C)CC3C2)nc(N)n1. The molecule has 1 aromatic heterocycles. The first-order chi connectivity index (χ1) is 9.15. The minimum atomic E-state index is 0.393. The lowest BCUT2D eigenvalue weighted by atomic mass is 10.1. The Morgan fingerprint density at radius 2 is 2.21 bits per heavy atom. The quantitative estimate of drug-likeness (QED) is 0.886. The summed E-state index contributed by atoms with van der Waals surface area (Å²) in [7, 11) is 2.14. The van der Waals surface area contributed by atoms with Crippen molar-refractivity contribution in [2.45, 2.75) is 19.8 Å². The van der Waals surface area contributed by atoms with Crippen LogP contribution >= 0.6 is 0 Å². The minimum Gasteiger partial charge on any atom is -0.380 e. The smallest absolute Gasteiger partial charge is 0.222 e. The maximum atomic E-state index is 5.82. The van der Waals surface area contributed by atoms with Crippen LogP contribution in [0.3, 0.4) is 0 Å². The second-order valence-corrected chi connectivity index (χ2v) is 5.55. The third kappa shape index (κ3) is 2.37. The number of hydrogen-bond acceptors (Lipinski definition) is 5. The molecule has 0 aromatic carbocycles. The van der Waals surface area contributed by atoms with Gasteiger partial charge in [-0.2, -0.15) is 4.98 Å². The molecule has 3 rings (SSSR count). The van der Waals surface area contributed by atoms with Crippen LogP contribution in [0.1, 0.15) is 19.0 Å². The standard InChI is InChI=1S/C14H21N5/c1-3-4-12-5-13(17-14(15)16-12)19-8-10-6-18(2)7-11(10)9-19/h5-6,11H,3-4,7-9H2,1-2H3,(H2,15,16,17). The van der Waals surface area contributed by atoms with Crippen molar-refractivity contribution in [2.24, 2.45) is 5.92 Å². The maximum Gasteiger partial charge on any atom is 0.222 e. The zero-order valence-corrected chi connectivity index (χ0v) is 11.6. The Kier molecular flexibility index (Phi) is 3.05. The van der Waals surface area contributed by atoms with Crippen LogP contribution in [-0.4, -0.2) is 41.5 Å². The van der Waals surface area contributed by atoms with Gasteiger partial charge in [0.25, 0.3) is 0 Å². The zero-order valence-electron chi connectivity index (χ0n) is 11.6. The van der Waals surface area contributed by atoms with Crippen molar-refractivity contribution in [2.75, 3.05) is 37.3 Å². The Labute approximate surface area is 114 Å². The molecule has 102 valence electrons. The Morgan fingerprint density at radius 1 is 1.37 bits per heavy atom. The van der Waals surface area contributed by atoms with Gasteiger partial charge in [-0.25, -0.2) is 4.98 Å². The number of rotatable bonds is 3. The number of fused-ring (bicyclic) bond motifs is 1. The number of aryl methyl sites for hydroxylation is 1. The molecule has 2 N–H and O–H groups in total. The Morgan fingerprint density at radius 3 is 2.95 bits per heavy atom. The Bertz CT molecular complexity index is 511. The van der Waals surface area contributed by atoms with Crippen molar-refractivity contribution >= 4 is 11.8 Å². The predicted molar refractivity (Wildman–Crippen MR) is 76.9 cm³/mol. The average molecular weight is 259 g/mol.